The van der Waals surface area contributed by atoms with Gasteiger partial charge in [0, 0.05) is 18.0 Å². The van der Waals surface area contributed by atoms with Gasteiger partial charge in [0.15, 0.2) is 17.1 Å². The number of rotatable bonds is 3. The van der Waals surface area contributed by atoms with Crippen LogP contribution in [0, 0.1) is 5.41 Å². The van der Waals surface area contributed by atoms with Gasteiger partial charge in [0.1, 0.15) is 5.69 Å². The Labute approximate surface area is 141 Å². The number of benzene rings is 1. The molecular formula is C18H24N2O4. The summed E-state index contributed by atoms with van der Waals surface area (Å²) < 4.78 is 16.2. The molecule has 3 rings (SSSR count). The lowest BCUT2D eigenvalue weighted by molar-refractivity contribution is -0.140. The van der Waals surface area contributed by atoms with Gasteiger partial charge >= 0.3 is 0 Å². The highest BCUT2D eigenvalue weighted by atomic mass is 16.5. The molecule has 1 saturated heterocycles. The maximum Gasteiger partial charge on any atom is 0.228 e. The predicted molar refractivity (Wildman–Crippen MR) is 90.3 cm³/mol. The van der Waals surface area contributed by atoms with Crippen molar-refractivity contribution in [3.63, 3.8) is 0 Å². The van der Waals surface area contributed by atoms with E-state index in [1.807, 2.05) is 31.7 Å². The van der Waals surface area contributed by atoms with Crippen molar-refractivity contribution < 1.29 is 18.8 Å². The van der Waals surface area contributed by atoms with E-state index in [9.17, 15) is 4.79 Å². The fraction of sp³-hybridized carbons (Fsp3) is 0.556. The van der Waals surface area contributed by atoms with Gasteiger partial charge in [0.2, 0.25) is 5.91 Å². The lowest BCUT2D eigenvalue weighted by atomic mass is 9.94. The lowest BCUT2D eigenvalue weighted by Crippen LogP contribution is -2.39. The predicted octanol–water partition coefficient (Wildman–Crippen LogP) is 3.55. The van der Waals surface area contributed by atoms with E-state index in [1.165, 1.54) is 0 Å². The second-order valence-corrected chi connectivity index (χ2v) is 7.18. The number of carbonyl (C=O) groups is 1. The van der Waals surface area contributed by atoms with E-state index in [4.69, 9.17) is 14.0 Å². The number of fused-ring (bicyclic) bond motifs is 1. The first-order chi connectivity index (χ1) is 11.4. The van der Waals surface area contributed by atoms with E-state index in [0.29, 0.717) is 17.1 Å². The Morgan fingerprint density at radius 3 is 2.54 bits per heavy atom. The second kappa shape index (κ2) is 6.00. The standard InChI is InChI=1S/C18H24N2O4/c1-18(2,3)17(21)20-8-6-7-12(20)16-11-9-14(22-4)15(23-5)10-13(11)24-19-16/h9-10,12H,6-8H2,1-5H3/t12-/m1/s1. The summed E-state index contributed by atoms with van der Waals surface area (Å²) in [5.74, 6) is 1.37. The molecule has 1 fully saturated rings. The number of methoxy groups -OCH3 is 2. The van der Waals surface area contributed by atoms with Gasteiger partial charge in [0.25, 0.3) is 0 Å². The fourth-order valence-electron chi connectivity index (χ4n) is 3.25. The van der Waals surface area contributed by atoms with Crippen LogP contribution in [0.2, 0.25) is 0 Å². The van der Waals surface area contributed by atoms with Crippen LogP contribution in [0.3, 0.4) is 0 Å². The highest BCUT2D eigenvalue weighted by Gasteiger charge is 2.38. The third-order valence-corrected chi connectivity index (χ3v) is 4.47. The molecule has 0 spiro atoms. The minimum Gasteiger partial charge on any atom is -0.493 e. The molecule has 0 N–H and O–H groups in total. The number of likely N-dealkylation sites (tertiary alicyclic amines) is 1. The molecule has 0 saturated carbocycles. The van der Waals surface area contributed by atoms with E-state index in [2.05, 4.69) is 5.16 Å². The molecule has 130 valence electrons. The molecule has 1 aromatic heterocycles. The first kappa shape index (κ1) is 16.6. The van der Waals surface area contributed by atoms with Crippen molar-refractivity contribution in [2.45, 2.75) is 39.7 Å². The highest BCUT2D eigenvalue weighted by Crippen LogP contribution is 2.40. The SMILES string of the molecule is COc1cc2onc([C@H]3CCCN3C(=O)C(C)(C)C)c2cc1OC. The topological polar surface area (TPSA) is 64.8 Å². The fourth-order valence-corrected chi connectivity index (χ4v) is 3.25. The van der Waals surface area contributed by atoms with Crippen molar-refractivity contribution >= 4 is 16.9 Å². The molecule has 0 radical (unpaired) electrons. The Bertz CT molecular complexity index is 760. The Kier molecular flexibility index (Phi) is 4.15. The molecule has 1 aromatic carbocycles. The van der Waals surface area contributed by atoms with E-state index < -0.39 is 5.41 Å². The third kappa shape index (κ3) is 2.70. The largest absolute Gasteiger partial charge is 0.493 e. The van der Waals surface area contributed by atoms with Gasteiger partial charge in [-0.1, -0.05) is 25.9 Å². The summed E-state index contributed by atoms with van der Waals surface area (Å²) in [4.78, 5) is 14.7. The first-order valence-corrected chi connectivity index (χ1v) is 8.19. The summed E-state index contributed by atoms with van der Waals surface area (Å²) in [7, 11) is 3.18. The molecule has 1 aliphatic heterocycles. The summed E-state index contributed by atoms with van der Waals surface area (Å²) in [6.45, 7) is 6.58. The van der Waals surface area contributed by atoms with Gasteiger partial charge < -0.3 is 18.9 Å². The van der Waals surface area contributed by atoms with Crippen LogP contribution in [-0.2, 0) is 4.79 Å². The zero-order valence-electron chi connectivity index (χ0n) is 14.9. The van der Waals surface area contributed by atoms with E-state index in [0.717, 1.165) is 30.5 Å². The zero-order valence-corrected chi connectivity index (χ0v) is 14.9. The molecule has 1 aliphatic rings. The second-order valence-electron chi connectivity index (χ2n) is 7.18. The summed E-state index contributed by atoms with van der Waals surface area (Å²) >= 11 is 0. The van der Waals surface area contributed by atoms with Crippen LogP contribution in [0.4, 0.5) is 0 Å². The Hall–Kier alpha value is -2.24. The number of carbonyl (C=O) groups excluding carboxylic acids is 1. The molecule has 24 heavy (non-hydrogen) atoms. The van der Waals surface area contributed by atoms with Gasteiger partial charge in [-0.15, -0.1) is 0 Å². The average Bonchev–Trinajstić information content (AvgIpc) is 3.17. The number of aromatic nitrogens is 1. The van der Waals surface area contributed by atoms with Crippen LogP contribution in [0.5, 0.6) is 11.5 Å². The van der Waals surface area contributed by atoms with E-state index in [1.54, 1.807) is 20.3 Å². The Morgan fingerprint density at radius 2 is 1.92 bits per heavy atom. The highest BCUT2D eigenvalue weighted by molar-refractivity contribution is 5.86. The van der Waals surface area contributed by atoms with Crippen molar-refractivity contribution in [3.8, 4) is 11.5 Å². The van der Waals surface area contributed by atoms with E-state index >= 15 is 0 Å². The van der Waals surface area contributed by atoms with Crippen LogP contribution in [-0.4, -0.2) is 36.7 Å². The summed E-state index contributed by atoms with van der Waals surface area (Å²) in [6, 6.07) is 3.59. The molecule has 0 bridgehead atoms. The van der Waals surface area contributed by atoms with Crippen molar-refractivity contribution in [2.75, 3.05) is 20.8 Å². The first-order valence-electron chi connectivity index (χ1n) is 8.19. The Balaban J connectivity index is 2.04. The quantitative estimate of drug-likeness (QED) is 0.860. The number of hydrogen-bond donors (Lipinski definition) is 0. The van der Waals surface area contributed by atoms with Crippen molar-refractivity contribution in [1.82, 2.24) is 10.1 Å². The Morgan fingerprint density at radius 1 is 1.25 bits per heavy atom. The molecule has 0 unspecified atom stereocenters. The van der Waals surface area contributed by atoms with Crippen molar-refractivity contribution in [2.24, 2.45) is 5.41 Å². The lowest BCUT2D eigenvalue weighted by Gasteiger charge is -2.30. The maximum atomic E-state index is 12.8. The molecule has 6 nitrogen and oxygen atoms in total. The monoisotopic (exact) mass is 332 g/mol. The van der Waals surface area contributed by atoms with Gasteiger partial charge in [-0.05, 0) is 18.9 Å². The van der Waals surface area contributed by atoms with Gasteiger partial charge in [-0.3, -0.25) is 4.79 Å². The summed E-state index contributed by atoms with van der Waals surface area (Å²) in [5.41, 5.74) is 1.02. The molecule has 1 amide bonds. The molecular weight excluding hydrogens is 308 g/mol. The van der Waals surface area contributed by atoms with Crippen LogP contribution in [0.25, 0.3) is 11.0 Å². The van der Waals surface area contributed by atoms with Gasteiger partial charge in [0.05, 0.1) is 25.6 Å². The normalized spacial score (nSPS) is 18.2. The number of hydrogen-bond acceptors (Lipinski definition) is 5. The van der Waals surface area contributed by atoms with Crippen LogP contribution >= 0.6 is 0 Å². The molecule has 2 aromatic rings. The smallest absolute Gasteiger partial charge is 0.228 e. The number of amides is 1. The zero-order chi connectivity index (χ0) is 17.5. The molecule has 0 aliphatic carbocycles. The van der Waals surface area contributed by atoms with Gasteiger partial charge in [-0.2, -0.15) is 0 Å². The molecule has 2 heterocycles. The number of nitrogens with zero attached hydrogens (tertiary/aromatic N) is 2. The molecule has 6 heteroatoms. The van der Waals surface area contributed by atoms with Crippen LogP contribution < -0.4 is 9.47 Å². The number of ether oxygens (including phenoxy) is 2. The maximum absolute atomic E-state index is 12.8. The summed E-state index contributed by atoms with van der Waals surface area (Å²) in [6.07, 6.45) is 1.85. The molecule has 1 atom stereocenters. The summed E-state index contributed by atoms with van der Waals surface area (Å²) in [5, 5.41) is 5.13. The minimum atomic E-state index is -0.414. The van der Waals surface area contributed by atoms with Crippen molar-refractivity contribution in [3.05, 3.63) is 17.8 Å². The van der Waals surface area contributed by atoms with E-state index in [-0.39, 0.29) is 11.9 Å². The van der Waals surface area contributed by atoms with Crippen LogP contribution in [0.15, 0.2) is 16.7 Å². The van der Waals surface area contributed by atoms with Crippen molar-refractivity contribution in [1.29, 1.82) is 0 Å². The average molecular weight is 332 g/mol. The van der Waals surface area contributed by atoms with Gasteiger partial charge in [-0.25, -0.2) is 0 Å². The minimum absolute atomic E-state index is 0.0592. The third-order valence-electron chi connectivity index (χ3n) is 4.47. The van der Waals surface area contributed by atoms with Crippen LogP contribution in [0.1, 0.15) is 45.3 Å².